The van der Waals surface area contributed by atoms with Gasteiger partial charge in [0.2, 0.25) is 0 Å². The normalized spacial score (nSPS) is 18.5. The molecule has 0 aliphatic carbocycles. The molecule has 0 amide bonds. The first-order valence-electron chi connectivity index (χ1n) is 3.81. The lowest BCUT2D eigenvalue weighted by Gasteiger charge is -2.06. The van der Waals surface area contributed by atoms with Gasteiger partial charge in [0.15, 0.2) is 0 Å². The summed E-state index contributed by atoms with van der Waals surface area (Å²) in [5, 5.41) is 8.54. The standard InChI is InChI=1S/C8H12N2O2/c1-5-6(2-3-10-5)4-7(9)8(11)12/h3,7H,2,4,9H2,1H3,(H,11,12). The number of carbonyl (C=O) groups is 1. The lowest BCUT2D eigenvalue weighted by Crippen LogP contribution is -2.30. The van der Waals surface area contributed by atoms with Gasteiger partial charge in [-0.2, -0.15) is 0 Å². The fourth-order valence-corrected chi connectivity index (χ4v) is 1.12. The molecular formula is C8H12N2O2. The van der Waals surface area contributed by atoms with E-state index in [0.717, 1.165) is 17.7 Å². The third kappa shape index (κ3) is 1.92. The molecule has 1 aliphatic heterocycles. The Bertz CT molecular complexity index is 256. The van der Waals surface area contributed by atoms with Gasteiger partial charge >= 0.3 is 5.97 Å². The maximum atomic E-state index is 10.4. The number of allylic oxidation sites excluding steroid dienone is 1. The predicted molar refractivity (Wildman–Crippen MR) is 46.0 cm³/mol. The molecule has 1 rings (SSSR count). The van der Waals surface area contributed by atoms with Crippen molar-refractivity contribution in [3.63, 3.8) is 0 Å². The molecule has 66 valence electrons. The lowest BCUT2D eigenvalue weighted by atomic mass is 10.0. The van der Waals surface area contributed by atoms with Gasteiger partial charge in [-0.15, -0.1) is 0 Å². The van der Waals surface area contributed by atoms with E-state index in [-0.39, 0.29) is 0 Å². The molecule has 0 saturated heterocycles. The van der Waals surface area contributed by atoms with Gasteiger partial charge < -0.3 is 10.8 Å². The topological polar surface area (TPSA) is 75.7 Å². The largest absolute Gasteiger partial charge is 0.480 e. The van der Waals surface area contributed by atoms with Gasteiger partial charge in [0.05, 0.1) is 0 Å². The van der Waals surface area contributed by atoms with Crippen LogP contribution in [-0.4, -0.2) is 23.3 Å². The Labute approximate surface area is 70.8 Å². The smallest absolute Gasteiger partial charge is 0.320 e. The van der Waals surface area contributed by atoms with Crippen LogP contribution in [0, 0.1) is 0 Å². The lowest BCUT2D eigenvalue weighted by molar-refractivity contribution is -0.138. The molecule has 0 radical (unpaired) electrons. The maximum absolute atomic E-state index is 10.4. The maximum Gasteiger partial charge on any atom is 0.320 e. The Kier molecular flexibility index (Phi) is 2.60. The Hall–Kier alpha value is -1.16. The van der Waals surface area contributed by atoms with Crippen LogP contribution in [0.3, 0.4) is 0 Å². The van der Waals surface area contributed by atoms with E-state index in [2.05, 4.69) is 4.99 Å². The molecule has 4 heteroatoms. The number of nitrogens with two attached hydrogens (primary N) is 1. The zero-order valence-corrected chi connectivity index (χ0v) is 6.95. The fraction of sp³-hybridized carbons (Fsp3) is 0.500. The third-order valence-electron chi connectivity index (χ3n) is 1.92. The molecule has 0 fully saturated rings. The van der Waals surface area contributed by atoms with Crippen molar-refractivity contribution in [2.24, 2.45) is 10.7 Å². The molecule has 0 bridgehead atoms. The molecule has 0 aromatic carbocycles. The van der Waals surface area contributed by atoms with Crippen molar-refractivity contribution in [3.8, 4) is 0 Å². The van der Waals surface area contributed by atoms with Crippen LogP contribution in [0.2, 0.25) is 0 Å². The second-order valence-electron chi connectivity index (χ2n) is 2.85. The summed E-state index contributed by atoms with van der Waals surface area (Å²) in [6.45, 7) is 1.87. The number of carboxylic acids is 1. The Morgan fingerprint density at radius 1 is 1.92 bits per heavy atom. The molecule has 1 atom stereocenters. The van der Waals surface area contributed by atoms with Crippen LogP contribution in [-0.2, 0) is 4.79 Å². The quantitative estimate of drug-likeness (QED) is 0.645. The Balaban J connectivity index is 2.53. The van der Waals surface area contributed by atoms with Gasteiger partial charge in [-0.3, -0.25) is 9.79 Å². The molecular weight excluding hydrogens is 156 g/mol. The summed E-state index contributed by atoms with van der Waals surface area (Å²) in [6, 6.07) is -0.795. The molecule has 0 aromatic rings. The number of carboxylic acid groups (broad SMARTS) is 1. The van der Waals surface area contributed by atoms with E-state index in [1.54, 1.807) is 6.21 Å². The molecule has 4 nitrogen and oxygen atoms in total. The molecule has 3 N–H and O–H groups in total. The third-order valence-corrected chi connectivity index (χ3v) is 1.92. The first-order chi connectivity index (χ1) is 5.61. The molecule has 1 unspecified atom stereocenters. The fourth-order valence-electron chi connectivity index (χ4n) is 1.12. The average molecular weight is 168 g/mol. The second-order valence-corrected chi connectivity index (χ2v) is 2.85. The highest BCUT2D eigenvalue weighted by atomic mass is 16.4. The summed E-state index contributed by atoms with van der Waals surface area (Å²) in [6.07, 6.45) is 2.92. The Morgan fingerprint density at radius 2 is 2.58 bits per heavy atom. The van der Waals surface area contributed by atoms with Gasteiger partial charge in [-0.05, 0) is 18.9 Å². The number of hydrogen-bond acceptors (Lipinski definition) is 3. The van der Waals surface area contributed by atoms with Crippen LogP contribution in [0.15, 0.2) is 16.3 Å². The first-order valence-corrected chi connectivity index (χ1v) is 3.81. The molecule has 12 heavy (non-hydrogen) atoms. The van der Waals surface area contributed by atoms with Crippen molar-refractivity contribution < 1.29 is 9.90 Å². The average Bonchev–Trinajstić information content (AvgIpc) is 2.36. The number of hydrogen-bond donors (Lipinski definition) is 2. The van der Waals surface area contributed by atoms with Crippen LogP contribution in [0.5, 0.6) is 0 Å². The summed E-state index contributed by atoms with van der Waals surface area (Å²) in [5.41, 5.74) is 7.31. The summed E-state index contributed by atoms with van der Waals surface area (Å²) in [7, 11) is 0. The van der Waals surface area contributed by atoms with Crippen molar-refractivity contribution >= 4 is 12.2 Å². The van der Waals surface area contributed by atoms with Crippen LogP contribution in [0.1, 0.15) is 19.8 Å². The zero-order chi connectivity index (χ0) is 9.14. The minimum absolute atomic E-state index is 0.404. The van der Waals surface area contributed by atoms with E-state index in [1.807, 2.05) is 6.92 Å². The highest BCUT2D eigenvalue weighted by Crippen LogP contribution is 2.19. The number of rotatable bonds is 3. The van der Waals surface area contributed by atoms with Gasteiger partial charge in [0, 0.05) is 18.3 Å². The summed E-state index contributed by atoms with van der Waals surface area (Å²) < 4.78 is 0. The van der Waals surface area contributed by atoms with E-state index < -0.39 is 12.0 Å². The number of aliphatic carboxylic acids is 1. The molecule has 1 heterocycles. The number of nitrogens with zero attached hydrogens (tertiary/aromatic N) is 1. The van der Waals surface area contributed by atoms with Gasteiger partial charge in [-0.1, -0.05) is 0 Å². The van der Waals surface area contributed by atoms with E-state index >= 15 is 0 Å². The molecule has 0 spiro atoms. The van der Waals surface area contributed by atoms with Crippen LogP contribution < -0.4 is 5.73 Å². The summed E-state index contributed by atoms with van der Waals surface area (Å²) in [4.78, 5) is 14.4. The minimum atomic E-state index is -0.956. The van der Waals surface area contributed by atoms with E-state index in [9.17, 15) is 4.79 Å². The monoisotopic (exact) mass is 168 g/mol. The van der Waals surface area contributed by atoms with Crippen LogP contribution in [0.25, 0.3) is 0 Å². The SMILES string of the molecule is CC1=C(CC(N)C(=O)O)CC=N1. The van der Waals surface area contributed by atoms with Crippen LogP contribution >= 0.6 is 0 Å². The van der Waals surface area contributed by atoms with Crippen molar-refractivity contribution in [3.05, 3.63) is 11.3 Å². The van der Waals surface area contributed by atoms with E-state index in [0.29, 0.717) is 6.42 Å². The molecule has 0 saturated carbocycles. The van der Waals surface area contributed by atoms with Crippen molar-refractivity contribution in [2.45, 2.75) is 25.8 Å². The van der Waals surface area contributed by atoms with Crippen molar-refractivity contribution in [1.82, 2.24) is 0 Å². The van der Waals surface area contributed by atoms with Crippen molar-refractivity contribution in [1.29, 1.82) is 0 Å². The summed E-state index contributed by atoms with van der Waals surface area (Å²) >= 11 is 0. The first kappa shape index (κ1) is 8.93. The van der Waals surface area contributed by atoms with Crippen molar-refractivity contribution in [2.75, 3.05) is 0 Å². The highest BCUT2D eigenvalue weighted by molar-refractivity contribution is 5.74. The molecule has 0 aromatic heterocycles. The number of aliphatic imine (C=N–C) groups is 1. The second kappa shape index (κ2) is 3.49. The van der Waals surface area contributed by atoms with Gasteiger partial charge in [0.1, 0.15) is 6.04 Å². The van der Waals surface area contributed by atoms with E-state index in [1.165, 1.54) is 0 Å². The summed E-state index contributed by atoms with van der Waals surface area (Å²) in [5.74, 6) is -0.956. The van der Waals surface area contributed by atoms with Gasteiger partial charge in [-0.25, -0.2) is 0 Å². The van der Waals surface area contributed by atoms with Crippen LogP contribution in [0.4, 0.5) is 0 Å². The van der Waals surface area contributed by atoms with E-state index in [4.69, 9.17) is 10.8 Å². The predicted octanol–water partition coefficient (Wildman–Crippen LogP) is 0.537. The van der Waals surface area contributed by atoms with Gasteiger partial charge in [0.25, 0.3) is 0 Å². The molecule has 1 aliphatic rings. The zero-order valence-electron chi connectivity index (χ0n) is 6.95. The Morgan fingerprint density at radius 3 is 3.00 bits per heavy atom. The minimum Gasteiger partial charge on any atom is -0.480 e. The highest BCUT2D eigenvalue weighted by Gasteiger charge is 2.16.